The topological polar surface area (TPSA) is 29.0 Å². The Morgan fingerprint density at radius 1 is 1.25 bits per heavy atom. The summed E-state index contributed by atoms with van der Waals surface area (Å²) in [6.45, 7) is 0.775. The summed E-state index contributed by atoms with van der Waals surface area (Å²) in [5.74, 6) is 0.517. The van der Waals surface area contributed by atoms with Gasteiger partial charge < -0.3 is 4.90 Å². The van der Waals surface area contributed by atoms with E-state index in [1.807, 2.05) is 22.4 Å². The van der Waals surface area contributed by atoms with Crippen molar-refractivity contribution in [3.63, 3.8) is 0 Å². The highest BCUT2D eigenvalue weighted by Gasteiger charge is 2.24. The Balaban J connectivity index is 1.94. The summed E-state index contributed by atoms with van der Waals surface area (Å²) < 4.78 is 13.5. The molecule has 3 nitrogen and oxygen atoms in total. The zero-order valence-electron chi connectivity index (χ0n) is 10.3. The van der Waals surface area contributed by atoms with E-state index in [0.29, 0.717) is 0 Å². The lowest BCUT2D eigenvalue weighted by molar-refractivity contribution is 0.628. The van der Waals surface area contributed by atoms with Crippen LogP contribution in [0.3, 0.4) is 0 Å². The fraction of sp³-hybridized carbons (Fsp3) is 0.143. The van der Waals surface area contributed by atoms with Gasteiger partial charge in [-0.25, -0.2) is 9.37 Å². The molecule has 0 N–H and O–H groups in total. The minimum absolute atomic E-state index is 0.222. The number of halogens is 2. The first-order valence-corrected chi connectivity index (χ1v) is 7.45. The number of benzene rings is 1. The van der Waals surface area contributed by atoms with Crippen LogP contribution < -0.4 is 4.90 Å². The van der Waals surface area contributed by atoms with Gasteiger partial charge in [-0.15, -0.1) is 11.3 Å². The molecular weight excluding hydrogens is 297 g/mol. The fourth-order valence-corrected chi connectivity index (χ4v) is 3.57. The predicted octanol–water partition coefficient (Wildman–Crippen LogP) is 4.18. The number of hydrogen-bond acceptors (Lipinski definition) is 4. The second-order valence-electron chi connectivity index (χ2n) is 4.63. The van der Waals surface area contributed by atoms with Gasteiger partial charge in [0.25, 0.3) is 0 Å². The molecule has 3 aromatic rings. The molecule has 0 bridgehead atoms. The number of fused-ring (bicyclic) bond motifs is 2. The van der Waals surface area contributed by atoms with Crippen LogP contribution in [0.15, 0.2) is 29.6 Å². The van der Waals surface area contributed by atoms with E-state index in [0.717, 1.165) is 40.3 Å². The molecule has 20 heavy (non-hydrogen) atoms. The van der Waals surface area contributed by atoms with Crippen LogP contribution in [0.2, 0.25) is 5.28 Å². The third-order valence-electron chi connectivity index (χ3n) is 3.48. The van der Waals surface area contributed by atoms with Crippen molar-refractivity contribution in [1.82, 2.24) is 9.97 Å². The van der Waals surface area contributed by atoms with Gasteiger partial charge in [0.2, 0.25) is 5.28 Å². The smallest absolute Gasteiger partial charge is 0.225 e. The van der Waals surface area contributed by atoms with Gasteiger partial charge in [0.15, 0.2) is 0 Å². The van der Waals surface area contributed by atoms with Crippen molar-refractivity contribution in [2.24, 2.45) is 0 Å². The summed E-state index contributed by atoms with van der Waals surface area (Å²) >= 11 is 7.52. The lowest BCUT2D eigenvalue weighted by atomic mass is 10.2. The van der Waals surface area contributed by atoms with Crippen molar-refractivity contribution >= 4 is 44.7 Å². The molecular formula is C14H9ClFN3S. The molecule has 0 amide bonds. The van der Waals surface area contributed by atoms with Crippen molar-refractivity contribution in [2.75, 3.05) is 11.4 Å². The minimum atomic E-state index is -0.239. The molecule has 0 spiro atoms. The molecule has 4 rings (SSSR count). The molecule has 6 heteroatoms. The molecule has 100 valence electrons. The molecule has 1 aromatic carbocycles. The van der Waals surface area contributed by atoms with Crippen molar-refractivity contribution in [1.29, 1.82) is 0 Å². The van der Waals surface area contributed by atoms with Gasteiger partial charge >= 0.3 is 0 Å². The van der Waals surface area contributed by atoms with E-state index in [9.17, 15) is 4.39 Å². The third kappa shape index (κ3) is 1.77. The maximum Gasteiger partial charge on any atom is 0.225 e. The molecule has 0 saturated heterocycles. The lowest BCUT2D eigenvalue weighted by Gasteiger charge is -2.19. The number of hydrogen-bond donors (Lipinski definition) is 0. The number of anilines is 2. The van der Waals surface area contributed by atoms with Gasteiger partial charge in [0.1, 0.15) is 16.5 Å². The zero-order valence-corrected chi connectivity index (χ0v) is 11.9. The predicted molar refractivity (Wildman–Crippen MR) is 79.5 cm³/mol. The summed E-state index contributed by atoms with van der Waals surface area (Å²) in [5.41, 5.74) is 2.00. The van der Waals surface area contributed by atoms with Crippen LogP contribution in [-0.2, 0) is 6.42 Å². The Bertz CT molecular complexity index is 817. The molecule has 1 aliphatic heterocycles. The Morgan fingerprint density at radius 2 is 2.15 bits per heavy atom. The van der Waals surface area contributed by atoms with Crippen LogP contribution in [-0.4, -0.2) is 16.5 Å². The van der Waals surface area contributed by atoms with Crippen LogP contribution in [0.4, 0.5) is 15.9 Å². The number of thiophene rings is 1. The maximum atomic E-state index is 13.5. The van der Waals surface area contributed by atoms with Gasteiger partial charge in [0, 0.05) is 12.2 Å². The second-order valence-corrected chi connectivity index (χ2v) is 5.86. The van der Waals surface area contributed by atoms with E-state index in [1.54, 1.807) is 6.07 Å². The van der Waals surface area contributed by atoms with E-state index < -0.39 is 0 Å². The number of nitrogens with zero attached hydrogens (tertiary/aromatic N) is 3. The molecule has 0 saturated carbocycles. The first-order chi connectivity index (χ1) is 9.72. The molecule has 0 aliphatic carbocycles. The maximum absolute atomic E-state index is 13.5. The highest BCUT2D eigenvalue weighted by atomic mass is 35.5. The minimum Gasteiger partial charge on any atom is -0.325 e. The third-order valence-corrected chi connectivity index (χ3v) is 4.45. The first kappa shape index (κ1) is 12.1. The van der Waals surface area contributed by atoms with E-state index in [-0.39, 0.29) is 11.1 Å². The Hall–Kier alpha value is -1.72. The van der Waals surface area contributed by atoms with Crippen molar-refractivity contribution < 1.29 is 4.39 Å². The second kappa shape index (κ2) is 4.40. The SMILES string of the molecule is Fc1ccc2c(c1)N(c1nc(Cl)nc3sccc13)CC2. The van der Waals surface area contributed by atoms with Crippen LogP contribution in [0.1, 0.15) is 5.56 Å². The van der Waals surface area contributed by atoms with Gasteiger partial charge in [-0.05, 0) is 47.2 Å². The molecule has 3 heterocycles. The van der Waals surface area contributed by atoms with Crippen molar-refractivity contribution in [2.45, 2.75) is 6.42 Å². The van der Waals surface area contributed by atoms with E-state index >= 15 is 0 Å². The summed E-state index contributed by atoms with van der Waals surface area (Å²) in [6.07, 6.45) is 0.878. The highest BCUT2D eigenvalue weighted by Crippen LogP contribution is 2.38. The molecule has 0 unspecified atom stereocenters. The first-order valence-electron chi connectivity index (χ1n) is 6.19. The standard InChI is InChI=1S/C14H9ClFN3S/c15-14-17-12(10-4-6-20-13(10)18-14)19-5-3-8-1-2-9(16)7-11(8)19/h1-2,4,6-7H,3,5H2. The summed E-state index contributed by atoms with van der Waals surface area (Å²) in [6, 6.07) is 6.85. The molecule has 0 radical (unpaired) electrons. The average Bonchev–Trinajstić information content (AvgIpc) is 3.03. The average molecular weight is 306 g/mol. The van der Waals surface area contributed by atoms with Crippen LogP contribution >= 0.6 is 22.9 Å². The Kier molecular flexibility index (Phi) is 2.65. The fourth-order valence-electron chi connectivity index (χ4n) is 2.59. The summed E-state index contributed by atoms with van der Waals surface area (Å²) in [7, 11) is 0. The Morgan fingerprint density at radius 3 is 3.05 bits per heavy atom. The summed E-state index contributed by atoms with van der Waals surface area (Å²) in [5, 5.41) is 3.14. The van der Waals surface area contributed by atoms with Crippen molar-refractivity contribution in [3.8, 4) is 0 Å². The normalized spacial score (nSPS) is 14.0. The van der Waals surface area contributed by atoms with Gasteiger partial charge in [-0.1, -0.05) is 6.07 Å². The van der Waals surface area contributed by atoms with Crippen molar-refractivity contribution in [3.05, 3.63) is 46.3 Å². The molecule has 0 fully saturated rings. The lowest BCUT2D eigenvalue weighted by Crippen LogP contribution is -2.15. The van der Waals surface area contributed by atoms with E-state index in [2.05, 4.69) is 9.97 Å². The molecule has 2 aromatic heterocycles. The van der Waals surface area contributed by atoms with E-state index in [1.165, 1.54) is 17.4 Å². The monoisotopic (exact) mass is 305 g/mol. The van der Waals surface area contributed by atoms with Gasteiger partial charge in [0.05, 0.1) is 5.39 Å². The molecule has 1 aliphatic rings. The quantitative estimate of drug-likeness (QED) is 0.632. The molecule has 0 atom stereocenters. The Labute approximate surface area is 123 Å². The highest BCUT2D eigenvalue weighted by molar-refractivity contribution is 7.16. The number of aromatic nitrogens is 2. The van der Waals surface area contributed by atoms with Crippen LogP contribution in [0, 0.1) is 5.82 Å². The zero-order chi connectivity index (χ0) is 13.7. The van der Waals surface area contributed by atoms with Gasteiger partial charge in [-0.3, -0.25) is 0 Å². The largest absolute Gasteiger partial charge is 0.325 e. The van der Waals surface area contributed by atoms with E-state index in [4.69, 9.17) is 11.6 Å². The van der Waals surface area contributed by atoms with Gasteiger partial charge in [-0.2, -0.15) is 4.98 Å². The van der Waals surface area contributed by atoms with Crippen LogP contribution in [0.5, 0.6) is 0 Å². The van der Waals surface area contributed by atoms with Crippen LogP contribution in [0.25, 0.3) is 10.2 Å². The summed E-state index contributed by atoms with van der Waals surface area (Å²) in [4.78, 5) is 11.4. The number of rotatable bonds is 1.